The summed E-state index contributed by atoms with van der Waals surface area (Å²) >= 11 is 0. The summed E-state index contributed by atoms with van der Waals surface area (Å²) in [4.78, 5) is 2.43. The van der Waals surface area contributed by atoms with E-state index in [1.54, 1.807) is 0 Å². The number of ether oxygens (including phenoxy) is 1. The van der Waals surface area contributed by atoms with Gasteiger partial charge in [-0.1, -0.05) is 30.3 Å². The van der Waals surface area contributed by atoms with Gasteiger partial charge in [0.25, 0.3) is 0 Å². The van der Waals surface area contributed by atoms with Gasteiger partial charge < -0.3 is 15.0 Å². The molecule has 0 radical (unpaired) electrons. The van der Waals surface area contributed by atoms with Crippen LogP contribution in [-0.2, 0) is 4.74 Å². The summed E-state index contributed by atoms with van der Waals surface area (Å²) < 4.78 is 6.15. The highest BCUT2D eigenvalue weighted by Gasteiger charge is 2.26. The molecule has 3 heteroatoms. The van der Waals surface area contributed by atoms with Crippen LogP contribution in [-0.4, -0.2) is 43.7 Å². The zero-order valence-electron chi connectivity index (χ0n) is 12.4. The van der Waals surface area contributed by atoms with Crippen molar-refractivity contribution in [2.45, 2.75) is 43.9 Å². The predicted molar refractivity (Wildman–Crippen MR) is 81.8 cm³/mol. The van der Waals surface area contributed by atoms with E-state index in [0.717, 1.165) is 31.8 Å². The van der Waals surface area contributed by atoms with Crippen LogP contribution in [0.25, 0.3) is 0 Å². The highest BCUT2D eigenvalue weighted by molar-refractivity contribution is 5.18. The molecule has 1 atom stereocenters. The van der Waals surface area contributed by atoms with Crippen molar-refractivity contribution < 1.29 is 4.74 Å². The van der Waals surface area contributed by atoms with E-state index in [1.165, 1.54) is 31.2 Å². The molecule has 2 aliphatic rings. The molecule has 0 amide bonds. The first-order valence-corrected chi connectivity index (χ1v) is 7.93. The fraction of sp³-hybridized carbons (Fsp3) is 0.647. The van der Waals surface area contributed by atoms with Crippen LogP contribution in [0.5, 0.6) is 0 Å². The zero-order valence-corrected chi connectivity index (χ0v) is 12.4. The van der Waals surface area contributed by atoms with Crippen molar-refractivity contribution in [2.24, 2.45) is 0 Å². The average Bonchev–Trinajstić information content (AvgIpc) is 3.36. The van der Waals surface area contributed by atoms with Crippen LogP contribution < -0.4 is 5.32 Å². The summed E-state index contributed by atoms with van der Waals surface area (Å²) in [5.74, 6) is 0. The Morgan fingerprint density at radius 1 is 1.20 bits per heavy atom. The van der Waals surface area contributed by atoms with Crippen LogP contribution in [0.15, 0.2) is 30.3 Å². The van der Waals surface area contributed by atoms with Crippen LogP contribution in [0.4, 0.5) is 0 Å². The van der Waals surface area contributed by atoms with Crippen LogP contribution in [0.3, 0.4) is 0 Å². The molecule has 0 aromatic heterocycles. The maximum atomic E-state index is 6.15. The fourth-order valence-corrected chi connectivity index (χ4v) is 2.54. The SMILES string of the molecule is CN(CCOC(CNC1CC1)c1ccccc1)C1CC1. The van der Waals surface area contributed by atoms with Gasteiger partial charge in [0.2, 0.25) is 0 Å². The number of nitrogens with zero attached hydrogens (tertiary/aromatic N) is 1. The molecule has 3 rings (SSSR count). The van der Waals surface area contributed by atoms with Crippen molar-refractivity contribution in [1.29, 1.82) is 0 Å². The van der Waals surface area contributed by atoms with Gasteiger partial charge in [0.1, 0.15) is 0 Å². The van der Waals surface area contributed by atoms with Gasteiger partial charge in [0.05, 0.1) is 12.7 Å². The first kappa shape index (κ1) is 14.1. The lowest BCUT2D eigenvalue weighted by Crippen LogP contribution is -2.29. The van der Waals surface area contributed by atoms with E-state index in [1.807, 2.05) is 0 Å². The summed E-state index contributed by atoms with van der Waals surface area (Å²) in [6, 6.07) is 12.2. The average molecular weight is 274 g/mol. The van der Waals surface area contributed by atoms with E-state index in [2.05, 4.69) is 47.6 Å². The number of nitrogens with one attached hydrogen (secondary N) is 1. The quantitative estimate of drug-likeness (QED) is 0.749. The summed E-state index contributed by atoms with van der Waals surface area (Å²) in [5, 5.41) is 3.59. The minimum absolute atomic E-state index is 0.185. The number of benzene rings is 1. The van der Waals surface area contributed by atoms with Crippen molar-refractivity contribution in [3.63, 3.8) is 0 Å². The molecular formula is C17H26N2O. The van der Waals surface area contributed by atoms with Crippen LogP contribution in [0.2, 0.25) is 0 Å². The van der Waals surface area contributed by atoms with E-state index in [0.29, 0.717) is 0 Å². The van der Waals surface area contributed by atoms with E-state index < -0.39 is 0 Å². The Kier molecular flexibility index (Phi) is 4.71. The smallest absolute Gasteiger partial charge is 0.0949 e. The van der Waals surface area contributed by atoms with Gasteiger partial charge in [-0.15, -0.1) is 0 Å². The van der Waals surface area contributed by atoms with E-state index in [9.17, 15) is 0 Å². The molecule has 1 unspecified atom stereocenters. The molecule has 0 heterocycles. The van der Waals surface area contributed by atoms with Gasteiger partial charge in [-0.05, 0) is 38.3 Å². The Morgan fingerprint density at radius 3 is 2.60 bits per heavy atom. The number of likely N-dealkylation sites (N-methyl/N-ethyl adjacent to an activating group) is 1. The van der Waals surface area contributed by atoms with Gasteiger partial charge in [-0.2, -0.15) is 0 Å². The Hall–Kier alpha value is -0.900. The molecule has 3 nitrogen and oxygen atoms in total. The molecule has 20 heavy (non-hydrogen) atoms. The topological polar surface area (TPSA) is 24.5 Å². The lowest BCUT2D eigenvalue weighted by molar-refractivity contribution is 0.0392. The normalized spacial score (nSPS) is 20.3. The van der Waals surface area contributed by atoms with Crippen LogP contribution in [0.1, 0.15) is 37.4 Å². The summed E-state index contributed by atoms with van der Waals surface area (Å²) in [6.45, 7) is 2.79. The van der Waals surface area contributed by atoms with Gasteiger partial charge in [0, 0.05) is 25.2 Å². The highest BCUT2D eigenvalue weighted by atomic mass is 16.5. The Balaban J connectivity index is 1.48. The maximum absolute atomic E-state index is 6.15. The van der Waals surface area contributed by atoms with Crippen molar-refractivity contribution in [3.05, 3.63) is 35.9 Å². The third-order valence-corrected chi connectivity index (χ3v) is 4.27. The fourth-order valence-electron chi connectivity index (χ4n) is 2.54. The number of hydrogen-bond donors (Lipinski definition) is 1. The first-order valence-electron chi connectivity index (χ1n) is 7.93. The maximum Gasteiger partial charge on any atom is 0.0949 e. The van der Waals surface area contributed by atoms with Crippen LogP contribution in [0, 0.1) is 0 Å². The molecule has 0 aliphatic heterocycles. The first-order chi connectivity index (χ1) is 9.83. The van der Waals surface area contributed by atoms with Crippen molar-refractivity contribution in [3.8, 4) is 0 Å². The molecule has 2 fully saturated rings. The van der Waals surface area contributed by atoms with E-state index in [4.69, 9.17) is 4.74 Å². The zero-order chi connectivity index (χ0) is 13.8. The Morgan fingerprint density at radius 2 is 1.95 bits per heavy atom. The lowest BCUT2D eigenvalue weighted by atomic mass is 10.1. The number of hydrogen-bond acceptors (Lipinski definition) is 3. The minimum Gasteiger partial charge on any atom is -0.371 e. The van der Waals surface area contributed by atoms with E-state index in [-0.39, 0.29) is 6.10 Å². The van der Waals surface area contributed by atoms with Crippen molar-refractivity contribution in [1.82, 2.24) is 10.2 Å². The highest BCUT2D eigenvalue weighted by Crippen LogP contribution is 2.25. The van der Waals surface area contributed by atoms with Crippen molar-refractivity contribution in [2.75, 3.05) is 26.7 Å². The molecule has 1 aromatic rings. The third kappa shape index (κ3) is 4.30. The molecule has 0 bridgehead atoms. The van der Waals surface area contributed by atoms with Gasteiger partial charge in [-0.3, -0.25) is 0 Å². The molecule has 1 aromatic carbocycles. The van der Waals surface area contributed by atoms with Crippen molar-refractivity contribution >= 4 is 0 Å². The monoisotopic (exact) mass is 274 g/mol. The lowest BCUT2D eigenvalue weighted by Gasteiger charge is -2.21. The largest absolute Gasteiger partial charge is 0.371 e. The molecular weight excluding hydrogens is 248 g/mol. The predicted octanol–water partition coefficient (Wildman–Crippen LogP) is 2.59. The number of rotatable bonds is 9. The second kappa shape index (κ2) is 6.70. The molecule has 0 spiro atoms. The standard InChI is InChI=1S/C17H26N2O/c1-19(16-9-10-16)11-12-20-17(13-18-15-7-8-15)14-5-3-2-4-6-14/h2-6,15-18H,7-13H2,1H3. The third-order valence-electron chi connectivity index (χ3n) is 4.27. The summed E-state index contributed by atoms with van der Waals surface area (Å²) in [6.07, 6.45) is 5.56. The second-order valence-corrected chi connectivity index (χ2v) is 6.16. The molecule has 2 saturated carbocycles. The molecule has 1 N–H and O–H groups in total. The molecule has 0 saturated heterocycles. The minimum atomic E-state index is 0.185. The molecule has 110 valence electrons. The summed E-state index contributed by atoms with van der Waals surface area (Å²) in [5.41, 5.74) is 1.29. The van der Waals surface area contributed by atoms with Gasteiger partial charge in [0.15, 0.2) is 0 Å². The molecule has 2 aliphatic carbocycles. The Labute approximate surface area is 122 Å². The summed E-state index contributed by atoms with van der Waals surface area (Å²) in [7, 11) is 2.21. The van der Waals surface area contributed by atoms with Crippen LogP contribution >= 0.6 is 0 Å². The van der Waals surface area contributed by atoms with Gasteiger partial charge in [-0.25, -0.2) is 0 Å². The van der Waals surface area contributed by atoms with E-state index >= 15 is 0 Å². The van der Waals surface area contributed by atoms with Gasteiger partial charge >= 0.3 is 0 Å². The second-order valence-electron chi connectivity index (χ2n) is 6.16. The Bertz CT molecular complexity index is 401.